The summed E-state index contributed by atoms with van der Waals surface area (Å²) >= 11 is 3.30. The third-order valence-electron chi connectivity index (χ3n) is 2.07. The van der Waals surface area contributed by atoms with Gasteiger partial charge in [0.05, 0.1) is 0 Å². The van der Waals surface area contributed by atoms with Crippen LogP contribution in [0.4, 0.5) is 0 Å². The number of halogens is 1. The number of benzene rings is 1. The highest BCUT2D eigenvalue weighted by molar-refractivity contribution is 9.10. The molecule has 3 N–H and O–H groups in total. The van der Waals surface area contributed by atoms with Crippen LogP contribution in [0, 0.1) is 0 Å². The van der Waals surface area contributed by atoms with Crippen molar-refractivity contribution in [2.75, 3.05) is 0 Å². The normalized spacial score (nSPS) is 12.6. The Bertz CT molecular complexity index is 440. The molecule has 1 aromatic carbocycles. The second kappa shape index (κ2) is 6.32. The SMILES string of the molecule is N[C@@H](CC(=O)/C=C/c1ccc(Br)cc1)C(=O)O. The first-order valence-electron chi connectivity index (χ1n) is 4.94. The van der Waals surface area contributed by atoms with Crippen molar-refractivity contribution in [3.8, 4) is 0 Å². The zero-order chi connectivity index (χ0) is 12.8. The summed E-state index contributed by atoms with van der Waals surface area (Å²) in [6.07, 6.45) is 2.78. The zero-order valence-corrected chi connectivity index (χ0v) is 10.6. The second-order valence-corrected chi connectivity index (χ2v) is 4.42. The van der Waals surface area contributed by atoms with Crippen molar-refractivity contribution in [1.29, 1.82) is 0 Å². The number of carbonyl (C=O) groups is 2. The maximum absolute atomic E-state index is 11.4. The Morgan fingerprint density at radius 3 is 2.47 bits per heavy atom. The number of hydrogen-bond donors (Lipinski definition) is 2. The van der Waals surface area contributed by atoms with Crippen molar-refractivity contribution in [1.82, 2.24) is 0 Å². The van der Waals surface area contributed by atoms with Gasteiger partial charge in [0.15, 0.2) is 5.78 Å². The molecule has 0 heterocycles. The standard InChI is InChI=1S/C12H12BrNO3/c13-9-4-1-8(2-5-9)3-6-10(15)7-11(14)12(16)17/h1-6,11H,7,14H2,(H,16,17)/b6-3+/t11-/m0/s1. The second-order valence-electron chi connectivity index (χ2n) is 3.50. The van der Waals surface area contributed by atoms with Gasteiger partial charge in [0.25, 0.3) is 0 Å². The number of ketones is 1. The van der Waals surface area contributed by atoms with E-state index in [1.165, 1.54) is 6.08 Å². The summed E-state index contributed by atoms with van der Waals surface area (Å²) in [6.45, 7) is 0. The van der Waals surface area contributed by atoms with Gasteiger partial charge in [-0.15, -0.1) is 0 Å². The number of carboxylic acids is 1. The van der Waals surface area contributed by atoms with Crippen LogP contribution in [0.3, 0.4) is 0 Å². The topological polar surface area (TPSA) is 80.4 Å². The lowest BCUT2D eigenvalue weighted by Crippen LogP contribution is -2.32. The molecule has 0 aliphatic heterocycles. The molecule has 1 atom stereocenters. The number of allylic oxidation sites excluding steroid dienone is 1. The fraction of sp³-hybridized carbons (Fsp3) is 0.167. The predicted molar refractivity (Wildman–Crippen MR) is 68.4 cm³/mol. The smallest absolute Gasteiger partial charge is 0.320 e. The molecule has 1 rings (SSSR count). The monoisotopic (exact) mass is 297 g/mol. The van der Waals surface area contributed by atoms with Crippen LogP contribution in [0.1, 0.15) is 12.0 Å². The summed E-state index contributed by atoms with van der Waals surface area (Å²) in [4.78, 5) is 21.8. The van der Waals surface area contributed by atoms with Gasteiger partial charge in [0, 0.05) is 10.9 Å². The quantitative estimate of drug-likeness (QED) is 0.813. The van der Waals surface area contributed by atoms with Crippen molar-refractivity contribution in [2.45, 2.75) is 12.5 Å². The van der Waals surface area contributed by atoms with Crippen LogP contribution < -0.4 is 5.73 Å². The molecular weight excluding hydrogens is 286 g/mol. The van der Waals surface area contributed by atoms with Gasteiger partial charge in [0.2, 0.25) is 0 Å². The van der Waals surface area contributed by atoms with Crippen molar-refractivity contribution >= 4 is 33.8 Å². The van der Waals surface area contributed by atoms with Crippen LogP contribution in [0.25, 0.3) is 6.08 Å². The Balaban J connectivity index is 2.56. The van der Waals surface area contributed by atoms with E-state index in [1.807, 2.05) is 24.3 Å². The fourth-order valence-electron chi connectivity index (χ4n) is 1.14. The Labute approximate surface area is 107 Å². The van der Waals surface area contributed by atoms with Crippen LogP contribution in [0.15, 0.2) is 34.8 Å². The highest BCUT2D eigenvalue weighted by Gasteiger charge is 2.14. The third-order valence-corrected chi connectivity index (χ3v) is 2.60. The lowest BCUT2D eigenvalue weighted by atomic mass is 10.1. The first-order chi connectivity index (χ1) is 7.99. The molecule has 0 saturated carbocycles. The van der Waals surface area contributed by atoms with E-state index in [-0.39, 0.29) is 12.2 Å². The van der Waals surface area contributed by atoms with Gasteiger partial charge in [-0.1, -0.05) is 34.1 Å². The van der Waals surface area contributed by atoms with Crippen LogP contribution >= 0.6 is 15.9 Å². The van der Waals surface area contributed by atoms with Crippen LogP contribution in [-0.2, 0) is 9.59 Å². The molecule has 0 spiro atoms. The molecule has 17 heavy (non-hydrogen) atoms. The maximum Gasteiger partial charge on any atom is 0.320 e. The summed E-state index contributed by atoms with van der Waals surface area (Å²) < 4.78 is 0.953. The van der Waals surface area contributed by atoms with Crippen molar-refractivity contribution < 1.29 is 14.7 Å². The molecule has 0 radical (unpaired) electrons. The largest absolute Gasteiger partial charge is 0.480 e. The van der Waals surface area contributed by atoms with E-state index >= 15 is 0 Å². The minimum absolute atomic E-state index is 0.192. The molecule has 0 unspecified atom stereocenters. The van der Waals surface area contributed by atoms with Gasteiger partial charge >= 0.3 is 5.97 Å². The Hall–Kier alpha value is -1.46. The molecule has 0 saturated heterocycles. The minimum atomic E-state index is -1.17. The van der Waals surface area contributed by atoms with Gasteiger partial charge in [0.1, 0.15) is 6.04 Å². The molecule has 0 aliphatic carbocycles. The van der Waals surface area contributed by atoms with Gasteiger partial charge < -0.3 is 10.8 Å². The lowest BCUT2D eigenvalue weighted by molar-refractivity contribution is -0.139. The van der Waals surface area contributed by atoms with Crippen LogP contribution in [0.2, 0.25) is 0 Å². The summed E-state index contributed by atoms with van der Waals surface area (Å²) in [7, 11) is 0. The fourth-order valence-corrected chi connectivity index (χ4v) is 1.40. The van der Waals surface area contributed by atoms with Crippen molar-refractivity contribution in [3.05, 3.63) is 40.4 Å². The van der Waals surface area contributed by atoms with Crippen LogP contribution in [-0.4, -0.2) is 22.9 Å². The summed E-state index contributed by atoms with van der Waals surface area (Å²) in [5, 5.41) is 8.54. The van der Waals surface area contributed by atoms with E-state index in [4.69, 9.17) is 10.8 Å². The molecule has 0 bridgehead atoms. The molecular formula is C12H12BrNO3. The van der Waals surface area contributed by atoms with E-state index in [1.54, 1.807) is 6.08 Å². The van der Waals surface area contributed by atoms with Crippen LogP contribution in [0.5, 0.6) is 0 Å². The Kier molecular flexibility index (Phi) is 5.06. The average molecular weight is 298 g/mol. The summed E-state index contributed by atoms with van der Waals surface area (Å²) in [5.74, 6) is -1.47. The van der Waals surface area contributed by atoms with Crippen molar-refractivity contribution in [2.24, 2.45) is 5.73 Å². The highest BCUT2D eigenvalue weighted by Crippen LogP contribution is 2.11. The molecule has 5 heteroatoms. The average Bonchev–Trinajstić information content (AvgIpc) is 2.28. The molecule has 1 aromatic rings. The number of carbonyl (C=O) groups excluding carboxylic acids is 1. The predicted octanol–water partition coefficient (Wildman–Crippen LogP) is 1.83. The molecule has 90 valence electrons. The maximum atomic E-state index is 11.4. The molecule has 0 amide bonds. The molecule has 0 fully saturated rings. The summed E-state index contributed by atoms with van der Waals surface area (Å²) in [6, 6.07) is 6.24. The Morgan fingerprint density at radius 2 is 1.94 bits per heavy atom. The third kappa shape index (κ3) is 4.93. The van der Waals surface area contributed by atoms with E-state index < -0.39 is 12.0 Å². The van der Waals surface area contributed by atoms with Gasteiger partial charge in [-0.25, -0.2) is 0 Å². The van der Waals surface area contributed by atoms with Crippen molar-refractivity contribution in [3.63, 3.8) is 0 Å². The van der Waals surface area contributed by atoms with E-state index in [9.17, 15) is 9.59 Å². The van der Waals surface area contributed by atoms with Gasteiger partial charge in [-0.05, 0) is 23.8 Å². The number of carboxylic acid groups (broad SMARTS) is 1. The minimum Gasteiger partial charge on any atom is -0.480 e. The number of rotatable bonds is 5. The number of nitrogens with two attached hydrogens (primary N) is 1. The molecule has 4 nitrogen and oxygen atoms in total. The number of hydrogen-bond acceptors (Lipinski definition) is 3. The van der Waals surface area contributed by atoms with Gasteiger partial charge in [-0.3, -0.25) is 9.59 Å². The van der Waals surface area contributed by atoms with E-state index in [2.05, 4.69) is 15.9 Å². The molecule has 0 aromatic heterocycles. The number of aliphatic carboxylic acids is 1. The van der Waals surface area contributed by atoms with E-state index in [0.29, 0.717) is 0 Å². The lowest BCUT2D eigenvalue weighted by Gasteiger charge is -2.01. The Morgan fingerprint density at radius 1 is 1.35 bits per heavy atom. The van der Waals surface area contributed by atoms with Gasteiger partial charge in [-0.2, -0.15) is 0 Å². The first-order valence-corrected chi connectivity index (χ1v) is 5.73. The molecule has 0 aliphatic rings. The summed E-state index contributed by atoms with van der Waals surface area (Å²) in [5.41, 5.74) is 6.11. The van der Waals surface area contributed by atoms with E-state index in [0.717, 1.165) is 10.0 Å². The first kappa shape index (κ1) is 13.6. The zero-order valence-electron chi connectivity index (χ0n) is 8.97. The highest BCUT2D eigenvalue weighted by atomic mass is 79.9.